The van der Waals surface area contributed by atoms with Gasteiger partial charge in [0.05, 0.1) is 24.3 Å². The molecule has 4 amide bonds. The third-order valence-electron chi connectivity index (χ3n) is 9.25. The summed E-state index contributed by atoms with van der Waals surface area (Å²) in [6.07, 6.45) is 3.24. The number of hydrogen-bond donors (Lipinski definition) is 2. The zero-order chi connectivity index (χ0) is 34.9. The molecule has 1 unspecified atom stereocenters. The second-order valence-electron chi connectivity index (χ2n) is 12.7. The smallest absolute Gasteiger partial charge is 0.274 e. The Kier molecular flexibility index (Phi) is 9.38. The first-order chi connectivity index (χ1) is 24.2. The van der Waals surface area contributed by atoms with Crippen molar-refractivity contribution in [2.45, 2.75) is 43.7 Å². The van der Waals surface area contributed by atoms with Crippen molar-refractivity contribution in [1.29, 1.82) is 0 Å². The standard InChI is InChI=1S/C36H35BrN6O7/c1-41-19-22(18-23(20-41)38-32-31(37)36(48)42-15-3-2-8-28(42)39-32)21-9-11-24(12-10-21)49-16-5-17-50-27-7-4-6-25-30(27)35(47)43(34(25)46)26-13-14-29(44)40-33(26)45/h2-4,6-12,15,22-23,26,38H,5,13-14,16-20H2,1H3,(H,40,44,45)/t22-,23+,26?/m0/s1. The van der Waals surface area contributed by atoms with Crippen LogP contribution in [0.1, 0.15) is 57.9 Å². The molecule has 0 bridgehead atoms. The summed E-state index contributed by atoms with van der Waals surface area (Å²) in [5.41, 5.74) is 1.91. The number of nitrogens with zero attached hydrogens (tertiary/aromatic N) is 4. The molecular formula is C36H35BrN6O7. The van der Waals surface area contributed by atoms with Crippen molar-refractivity contribution in [3.63, 3.8) is 0 Å². The molecule has 5 heterocycles. The third kappa shape index (κ3) is 6.60. The molecule has 2 aromatic carbocycles. The number of likely N-dealkylation sites (N-methyl/N-ethyl adjacent to an activating group) is 1. The normalized spacial score (nSPS) is 20.9. The average Bonchev–Trinajstić information content (AvgIpc) is 3.36. The lowest BCUT2D eigenvalue weighted by molar-refractivity contribution is -0.136. The summed E-state index contributed by atoms with van der Waals surface area (Å²) in [4.78, 5) is 71.0. The summed E-state index contributed by atoms with van der Waals surface area (Å²) in [6.45, 7) is 2.32. The monoisotopic (exact) mass is 742 g/mol. The molecule has 0 radical (unpaired) electrons. The van der Waals surface area contributed by atoms with E-state index in [1.807, 2.05) is 24.3 Å². The van der Waals surface area contributed by atoms with E-state index in [1.165, 1.54) is 16.0 Å². The molecule has 3 aliphatic rings. The van der Waals surface area contributed by atoms with E-state index in [2.05, 4.69) is 55.6 Å². The number of nitrogens with one attached hydrogen (secondary N) is 2. The Labute approximate surface area is 295 Å². The quantitative estimate of drug-likeness (QED) is 0.182. The molecule has 3 aliphatic heterocycles. The molecule has 0 saturated carbocycles. The number of aromatic nitrogens is 2. The lowest BCUT2D eigenvalue weighted by Gasteiger charge is -2.36. The van der Waals surface area contributed by atoms with E-state index in [1.54, 1.807) is 24.4 Å². The first-order valence-electron chi connectivity index (χ1n) is 16.5. The molecule has 0 spiro atoms. The minimum Gasteiger partial charge on any atom is -0.493 e. The number of amides is 4. The molecule has 2 aromatic heterocycles. The van der Waals surface area contributed by atoms with E-state index in [-0.39, 0.29) is 53.8 Å². The predicted octanol–water partition coefficient (Wildman–Crippen LogP) is 3.61. The van der Waals surface area contributed by atoms with Crippen LogP contribution >= 0.6 is 15.9 Å². The van der Waals surface area contributed by atoms with E-state index in [4.69, 9.17) is 9.47 Å². The second kappa shape index (κ2) is 14.0. The van der Waals surface area contributed by atoms with Gasteiger partial charge in [-0.05, 0) is 83.7 Å². The Balaban J connectivity index is 0.916. The number of halogens is 1. The highest BCUT2D eigenvalue weighted by Gasteiger charge is 2.46. The van der Waals surface area contributed by atoms with Crippen LogP contribution in [0.15, 0.2) is 76.1 Å². The van der Waals surface area contributed by atoms with Gasteiger partial charge in [-0.15, -0.1) is 0 Å². The fraction of sp³-hybridized carbons (Fsp3) is 0.333. The van der Waals surface area contributed by atoms with Gasteiger partial charge in [0.25, 0.3) is 17.4 Å². The molecule has 2 saturated heterocycles. The molecule has 2 fully saturated rings. The second-order valence-corrected chi connectivity index (χ2v) is 13.5. The van der Waals surface area contributed by atoms with Crippen molar-refractivity contribution in [1.82, 2.24) is 24.5 Å². The number of hydrogen-bond acceptors (Lipinski definition) is 10. The number of piperidine rings is 2. The maximum atomic E-state index is 13.3. The molecule has 0 aliphatic carbocycles. The Hall–Kier alpha value is -5.08. The summed E-state index contributed by atoms with van der Waals surface area (Å²) in [6, 6.07) is 17.4. The van der Waals surface area contributed by atoms with E-state index in [0.29, 0.717) is 29.0 Å². The lowest BCUT2D eigenvalue weighted by atomic mass is 9.88. The van der Waals surface area contributed by atoms with E-state index >= 15 is 0 Å². The largest absolute Gasteiger partial charge is 0.493 e. The highest BCUT2D eigenvalue weighted by Crippen LogP contribution is 2.34. The highest BCUT2D eigenvalue weighted by atomic mass is 79.9. The van der Waals surface area contributed by atoms with Crippen LogP contribution in [0, 0.1) is 0 Å². The van der Waals surface area contributed by atoms with Crippen LogP contribution in [-0.2, 0) is 9.59 Å². The summed E-state index contributed by atoms with van der Waals surface area (Å²) in [5, 5.41) is 5.70. The molecule has 4 aromatic rings. The number of imide groups is 2. The fourth-order valence-electron chi connectivity index (χ4n) is 6.89. The summed E-state index contributed by atoms with van der Waals surface area (Å²) in [7, 11) is 2.09. The number of carbonyl (C=O) groups is 4. The topological polar surface area (TPSA) is 152 Å². The van der Waals surface area contributed by atoms with Crippen molar-refractivity contribution < 1.29 is 28.7 Å². The molecule has 2 N–H and O–H groups in total. The lowest BCUT2D eigenvalue weighted by Crippen LogP contribution is -2.54. The van der Waals surface area contributed by atoms with Gasteiger partial charge in [-0.25, -0.2) is 4.98 Å². The van der Waals surface area contributed by atoms with Crippen molar-refractivity contribution >= 4 is 51.0 Å². The van der Waals surface area contributed by atoms with E-state index in [0.717, 1.165) is 30.2 Å². The van der Waals surface area contributed by atoms with Crippen molar-refractivity contribution in [2.75, 3.05) is 38.7 Å². The molecule has 3 atom stereocenters. The van der Waals surface area contributed by atoms with E-state index in [9.17, 15) is 24.0 Å². The number of ether oxygens (including phenoxy) is 2. The zero-order valence-corrected chi connectivity index (χ0v) is 28.9. The van der Waals surface area contributed by atoms with Gasteiger partial charge in [0, 0.05) is 38.2 Å². The van der Waals surface area contributed by atoms with Crippen LogP contribution in [0.4, 0.5) is 5.82 Å². The van der Waals surface area contributed by atoms with Gasteiger partial charge in [-0.3, -0.25) is 38.6 Å². The summed E-state index contributed by atoms with van der Waals surface area (Å²) in [5.74, 6) is -0.463. The fourth-order valence-corrected chi connectivity index (χ4v) is 7.29. The van der Waals surface area contributed by atoms with Gasteiger partial charge in [0.15, 0.2) is 0 Å². The van der Waals surface area contributed by atoms with Crippen molar-refractivity contribution in [3.8, 4) is 11.5 Å². The number of fused-ring (bicyclic) bond motifs is 2. The summed E-state index contributed by atoms with van der Waals surface area (Å²) >= 11 is 3.45. The predicted molar refractivity (Wildman–Crippen MR) is 187 cm³/mol. The van der Waals surface area contributed by atoms with Gasteiger partial charge < -0.3 is 19.7 Å². The SMILES string of the molecule is CN1C[C@H](Nc2nc3ccccn3c(=O)c2Br)C[C@H](c2ccc(OCCCOc3cccc4c3C(=O)N(C3CCC(=O)NC3=O)C4=O)cc2)C1. The molecule has 258 valence electrons. The number of pyridine rings is 1. The van der Waals surface area contributed by atoms with Gasteiger partial charge in [-0.1, -0.05) is 24.3 Å². The first-order valence-corrected chi connectivity index (χ1v) is 17.3. The van der Waals surface area contributed by atoms with Gasteiger partial charge in [-0.2, -0.15) is 0 Å². The van der Waals surface area contributed by atoms with Gasteiger partial charge >= 0.3 is 0 Å². The van der Waals surface area contributed by atoms with Crippen LogP contribution in [0.2, 0.25) is 0 Å². The minimum atomic E-state index is -1.03. The third-order valence-corrected chi connectivity index (χ3v) is 9.96. The van der Waals surface area contributed by atoms with Gasteiger partial charge in [0.1, 0.15) is 33.5 Å². The van der Waals surface area contributed by atoms with Crippen LogP contribution in [-0.4, -0.2) is 88.2 Å². The number of likely N-dealkylation sites (tertiary alicyclic amines) is 1. The van der Waals surface area contributed by atoms with Crippen LogP contribution in [0.3, 0.4) is 0 Å². The van der Waals surface area contributed by atoms with Gasteiger partial charge in [0.2, 0.25) is 11.8 Å². The molecule has 14 heteroatoms. The maximum absolute atomic E-state index is 13.3. The average molecular weight is 744 g/mol. The molecule has 50 heavy (non-hydrogen) atoms. The maximum Gasteiger partial charge on any atom is 0.274 e. The van der Waals surface area contributed by atoms with Crippen LogP contribution < -0.4 is 25.7 Å². The summed E-state index contributed by atoms with van der Waals surface area (Å²) < 4.78 is 13.8. The van der Waals surface area contributed by atoms with Crippen LogP contribution in [0.25, 0.3) is 5.65 Å². The molecular weight excluding hydrogens is 708 g/mol. The number of rotatable bonds is 10. The number of benzene rings is 2. The Morgan fingerprint density at radius 3 is 2.54 bits per heavy atom. The van der Waals surface area contributed by atoms with Crippen molar-refractivity contribution in [3.05, 3.63) is 98.4 Å². The first kappa shape index (κ1) is 33.4. The Bertz CT molecular complexity index is 2050. The minimum absolute atomic E-state index is 0.0547. The molecule has 7 rings (SSSR count). The number of carbonyl (C=O) groups excluding carboxylic acids is 4. The van der Waals surface area contributed by atoms with E-state index < -0.39 is 29.7 Å². The van der Waals surface area contributed by atoms with Crippen molar-refractivity contribution in [2.24, 2.45) is 0 Å². The highest BCUT2D eigenvalue weighted by molar-refractivity contribution is 9.10. The van der Waals surface area contributed by atoms with Crippen LogP contribution in [0.5, 0.6) is 11.5 Å². The number of anilines is 1. The Morgan fingerprint density at radius 2 is 1.74 bits per heavy atom. The Morgan fingerprint density at radius 1 is 0.940 bits per heavy atom. The zero-order valence-electron chi connectivity index (χ0n) is 27.3. The molecule has 13 nitrogen and oxygen atoms in total.